The standard InChI is InChI=1S/C11H10N2OS/c14-5-9-10(7-1-2-7)12-13-11(9)8-3-4-15-6-8/h3-7H,1-2H2,(H,12,13). The van der Waals surface area contributed by atoms with Crippen LogP contribution in [0.2, 0.25) is 0 Å². The monoisotopic (exact) mass is 218 g/mol. The van der Waals surface area contributed by atoms with E-state index in [4.69, 9.17) is 0 Å². The number of carbonyl (C=O) groups is 1. The Morgan fingerprint density at radius 2 is 2.40 bits per heavy atom. The van der Waals surface area contributed by atoms with Gasteiger partial charge < -0.3 is 0 Å². The number of aromatic nitrogens is 2. The van der Waals surface area contributed by atoms with Crippen LogP contribution in [0.3, 0.4) is 0 Å². The first-order valence-corrected chi connectivity index (χ1v) is 5.90. The van der Waals surface area contributed by atoms with E-state index in [0.717, 1.165) is 28.8 Å². The Labute approximate surface area is 91.1 Å². The fourth-order valence-electron chi connectivity index (χ4n) is 1.79. The number of hydrogen-bond donors (Lipinski definition) is 1. The van der Waals surface area contributed by atoms with Gasteiger partial charge in [-0.25, -0.2) is 0 Å². The van der Waals surface area contributed by atoms with Crippen LogP contribution in [0.1, 0.15) is 34.8 Å². The number of hydrogen-bond acceptors (Lipinski definition) is 3. The van der Waals surface area contributed by atoms with Gasteiger partial charge in [0.15, 0.2) is 6.29 Å². The molecule has 0 unspecified atom stereocenters. The summed E-state index contributed by atoms with van der Waals surface area (Å²) in [7, 11) is 0. The van der Waals surface area contributed by atoms with E-state index < -0.39 is 0 Å². The first kappa shape index (κ1) is 8.85. The van der Waals surface area contributed by atoms with Crippen molar-refractivity contribution in [2.75, 3.05) is 0 Å². The number of thiophene rings is 1. The number of aromatic amines is 1. The molecule has 3 nitrogen and oxygen atoms in total. The van der Waals surface area contributed by atoms with Crippen LogP contribution in [0.5, 0.6) is 0 Å². The summed E-state index contributed by atoms with van der Waals surface area (Å²) in [6.45, 7) is 0. The molecule has 1 fully saturated rings. The largest absolute Gasteiger partial charge is 0.298 e. The van der Waals surface area contributed by atoms with Gasteiger partial charge in [-0.2, -0.15) is 16.4 Å². The molecular formula is C11H10N2OS. The van der Waals surface area contributed by atoms with Crippen molar-refractivity contribution in [2.45, 2.75) is 18.8 Å². The zero-order valence-electron chi connectivity index (χ0n) is 8.06. The molecule has 2 heterocycles. The maximum absolute atomic E-state index is 11.1. The molecule has 0 aromatic carbocycles. The predicted molar refractivity (Wildman–Crippen MR) is 59.3 cm³/mol. The van der Waals surface area contributed by atoms with Gasteiger partial charge in [-0.05, 0) is 24.3 Å². The Kier molecular flexibility index (Phi) is 1.95. The zero-order valence-corrected chi connectivity index (χ0v) is 8.88. The summed E-state index contributed by atoms with van der Waals surface area (Å²) in [6.07, 6.45) is 3.27. The second-order valence-corrected chi connectivity index (χ2v) is 4.58. The summed E-state index contributed by atoms with van der Waals surface area (Å²) in [6, 6.07) is 1.99. The van der Waals surface area contributed by atoms with Gasteiger partial charge in [-0.3, -0.25) is 9.89 Å². The minimum Gasteiger partial charge on any atom is -0.298 e. The molecule has 3 rings (SSSR count). The summed E-state index contributed by atoms with van der Waals surface area (Å²) in [5, 5.41) is 11.2. The third kappa shape index (κ3) is 1.41. The van der Waals surface area contributed by atoms with Crippen molar-refractivity contribution in [3.05, 3.63) is 28.1 Å². The molecule has 1 N–H and O–H groups in total. The molecule has 1 aliphatic rings. The first-order chi connectivity index (χ1) is 7.40. The second kappa shape index (κ2) is 3.31. The Hall–Kier alpha value is -1.42. The molecule has 4 heteroatoms. The van der Waals surface area contributed by atoms with Gasteiger partial charge in [0, 0.05) is 22.6 Å². The number of H-pyrrole nitrogens is 1. The molecule has 0 saturated heterocycles. The van der Waals surface area contributed by atoms with Crippen LogP contribution in [0.4, 0.5) is 0 Å². The van der Waals surface area contributed by atoms with E-state index in [2.05, 4.69) is 10.2 Å². The molecule has 0 aliphatic heterocycles. The second-order valence-electron chi connectivity index (χ2n) is 3.80. The minimum absolute atomic E-state index is 0.532. The van der Waals surface area contributed by atoms with E-state index in [1.54, 1.807) is 11.3 Å². The van der Waals surface area contributed by atoms with Crippen molar-refractivity contribution in [2.24, 2.45) is 0 Å². The molecule has 2 aromatic heterocycles. The Morgan fingerprint density at radius 1 is 1.53 bits per heavy atom. The maximum atomic E-state index is 11.1. The summed E-state index contributed by atoms with van der Waals surface area (Å²) in [4.78, 5) is 11.1. The average molecular weight is 218 g/mol. The lowest BCUT2D eigenvalue weighted by atomic mass is 10.1. The molecule has 0 amide bonds. The lowest BCUT2D eigenvalue weighted by Crippen LogP contribution is -1.87. The number of nitrogens with zero attached hydrogens (tertiary/aromatic N) is 1. The van der Waals surface area contributed by atoms with Crippen molar-refractivity contribution < 1.29 is 4.79 Å². The van der Waals surface area contributed by atoms with Crippen molar-refractivity contribution in [3.8, 4) is 11.3 Å². The van der Waals surface area contributed by atoms with E-state index in [0.29, 0.717) is 5.92 Å². The van der Waals surface area contributed by atoms with Crippen molar-refractivity contribution in [1.82, 2.24) is 10.2 Å². The smallest absolute Gasteiger partial charge is 0.154 e. The van der Waals surface area contributed by atoms with Crippen molar-refractivity contribution in [1.29, 1.82) is 0 Å². The highest BCUT2D eigenvalue weighted by atomic mass is 32.1. The number of carbonyl (C=O) groups excluding carboxylic acids is 1. The first-order valence-electron chi connectivity index (χ1n) is 4.96. The summed E-state index contributed by atoms with van der Waals surface area (Å²) in [5.41, 5.74) is 3.60. The molecule has 76 valence electrons. The minimum atomic E-state index is 0.532. The number of nitrogens with one attached hydrogen (secondary N) is 1. The van der Waals surface area contributed by atoms with Crippen LogP contribution in [0.25, 0.3) is 11.3 Å². The van der Waals surface area contributed by atoms with Gasteiger partial charge in [0.1, 0.15) is 5.69 Å². The molecule has 15 heavy (non-hydrogen) atoms. The van der Waals surface area contributed by atoms with Crippen LogP contribution in [-0.2, 0) is 0 Å². The SMILES string of the molecule is O=Cc1c(-c2ccsc2)n[nH]c1C1CC1. The zero-order chi connectivity index (χ0) is 10.3. The van der Waals surface area contributed by atoms with Gasteiger partial charge >= 0.3 is 0 Å². The highest BCUT2D eigenvalue weighted by Crippen LogP contribution is 2.42. The highest BCUT2D eigenvalue weighted by molar-refractivity contribution is 7.08. The molecule has 0 bridgehead atoms. The number of aldehydes is 1. The summed E-state index contributed by atoms with van der Waals surface area (Å²) in [5.74, 6) is 0.532. The van der Waals surface area contributed by atoms with Crippen LogP contribution in [0.15, 0.2) is 16.8 Å². The quantitative estimate of drug-likeness (QED) is 0.805. The van der Waals surface area contributed by atoms with E-state index in [1.165, 1.54) is 12.8 Å². The lowest BCUT2D eigenvalue weighted by Gasteiger charge is -1.94. The van der Waals surface area contributed by atoms with E-state index in [1.807, 2.05) is 16.8 Å². The maximum Gasteiger partial charge on any atom is 0.154 e. The number of rotatable bonds is 3. The molecule has 1 saturated carbocycles. The molecule has 2 aromatic rings. The Balaban J connectivity index is 2.11. The van der Waals surface area contributed by atoms with Crippen LogP contribution in [0, 0.1) is 0 Å². The highest BCUT2D eigenvalue weighted by Gasteiger charge is 2.29. The van der Waals surface area contributed by atoms with Crippen molar-refractivity contribution >= 4 is 17.6 Å². The third-order valence-corrected chi connectivity index (χ3v) is 3.41. The van der Waals surface area contributed by atoms with Gasteiger partial charge in [-0.15, -0.1) is 0 Å². The van der Waals surface area contributed by atoms with E-state index >= 15 is 0 Å². The fraction of sp³-hybridized carbons (Fsp3) is 0.273. The summed E-state index contributed by atoms with van der Waals surface area (Å²) < 4.78 is 0. The van der Waals surface area contributed by atoms with Gasteiger partial charge in [0.2, 0.25) is 0 Å². The third-order valence-electron chi connectivity index (χ3n) is 2.73. The van der Waals surface area contributed by atoms with Gasteiger partial charge in [-0.1, -0.05) is 0 Å². The van der Waals surface area contributed by atoms with E-state index in [9.17, 15) is 4.79 Å². The molecule has 0 radical (unpaired) electrons. The van der Waals surface area contributed by atoms with Crippen molar-refractivity contribution in [3.63, 3.8) is 0 Å². The van der Waals surface area contributed by atoms with Gasteiger partial charge in [0.25, 0.3) is 0 Å². The van der Waals surface area contributed by atoms with Crippen LogP contribution in [-0.4, -0.2) is 16.5 Å². The molecule has 1 aliphatic carbocycles. The topological polar surface area (TPSA) is 45.8 Å². The molecule has 0 atom stereocenters. The predicted octanol–water partition coefficient (Wildman–Crippen LogP) is 2.83. The lowest BCUT2D eigenvalue weighted by molar-refractivity contribution is 0.112. The fourth-order valence-corrected chi connectivity index (χ4v) is 2.43. The molecular weight excluding hydrogens is 208 g/mol. The molecule has 0 spiro atoms. The average Bonchev–Trinajstić information content (AvgIpc) is 2.83. The normalized spacial score (nSPS) is 15.5. The Morgan fingerprint density at radius 3 is 3.00 bits per heavy atom. The van der Waals surface area contributed by atoms with Crippen LogP contribution < -0.4 is 0 Å². The van der Waals surface area contributed by atoms with Crippen LogP contribution >= 0.6 is 11.3 Å². The van der Waals surface area contributed by atoms with Gasteiger partial charge in [0.05, 0.1) is 5.56 Å². The van der Waals surface area contributed by atoms with E-state index in [-0.39, 0.29) is 0 Å². The summed E-state index contributed by atoms with van der Waals surface area (Å²) >= 11 is 1.62. The Bertz CT molecular complexity index is 483.